The lowest BCUT2D eigenvalue weighted by molar-refractivity contribution is 0.414. The summed E-state index contributed by atoms with van der Waals surface area (Å²) in [5.41, 5.74) is 8.57. The quantitative estimate of drug-likeness (QED) is 0.831. The zero-order chi connectivity index (χ0) is 15.6. The molecule has 0 aliphatic rings. The summed E-state index contributed by atoms with van der Waals surface area (Å²) in [4.78, 5) is 0.352. The van der Waals surface area contributed by atoms with Crippen molar-refractivity contribution in [2.75, 3.05) is 12.4 Å². The molecule has 0 fully saturated rings. The predicted octanol–water partition coefficient (Wildman–Crippen LogP) is 2.54. The number of nitrogens with zero attached hydrogens (tertiary/aromatic N) is 2. The molecule has 21 heavy (non-hydrogen) atoms. The Morgan fingerprint density at radius 2 is 2.00 bits per heavy atom. The van der Waals surface area contributed by atoms with Gasteiger partial charge >= 0.3 is 0 Å². The first-order chi connectivity index (χ1) is 9.93. The van der Waals surface area contributed by atoms with Crippen LogP contribution >= 0.6 is 12.2 Å². The second kappa shape index (κ2) is 6.13. The minimum absolute atomic E-state index is 0.0961. The molecule has 0 spiro atoms. The number of aryl methyl sites for hydroxylation is 2. The zero-order valence-electron chi connectivity index (χ0n) is 12.7. The molecule has 112 valence electrons. The number of thiocarbonyl (C=S) groups is 1. The average Bonchev–Trinajstić information content (AvgIpc) is 2.73. The van der Waals surface area contributed by atoms with Gasteiger partial charge in [0.1, 0.15) is 16.6 Å². The van der Waals surface area contributed by atoms with Gasteiger partial charge in [0.25, 0.3) is 0 Å². The van der Waals surface area contributed by atoms with E-state index in [4.69, 9.17) is 22.7 Å². The summed E-state index contributed by atoms with van der Waals surface area (Å²) in [6, 6.07) is 8.03. The number of hydrogen-bond acceptors (Lipinski definition) is 4. The molecule has 3 N–H and O–H groups in total. The van der Waals surface area contributed by atoms with Gasteiger partial charge in [-0.05, 0) is 31.5 Å². The number of rotatable bonds is 5. The Bertz CT molecular complexity index is 648. The van der Waals surface area contributed by atoms with Crippen molar-refractivity contribution in [3.63, 3.8) is 0 Å². The number of methoxy groups -OCH3 is 1. The minimum Gasteiger partial charge on any atom is -0.497 e. The smallest absolute Gasteiger partial charge is 0.135 e. The van der Waals surface area contributed by atoms with Crippen molar-refractivity contribution in [3.8, 4) is 5.75 Å². The Balaban J connectivity index is 2.26. The third-order valence-electron chi connectivity index (χ3n) is 3.44. The molecule has 0 saturated heterocycles. The van der Waals surface area contributed by atoms with E-state index in [-0.39, 0.29) is 6.04 Å². The molecule has 0 bridgehead atoms. The lowest BCUT2D eigenvalue weighted by Gasteiger charge is -2.17. The fourth-order valence-electron chi connectivity index (χ4n) is 2.30. The first-order valence-corrected chi connectivity index (χ1v) is 7.08. The molecule has 0 saturated carbocycles. The largest absolute Gasteiger partial charge is 0.497 e. The molecule has 5 nitrogen and oxygen atoms in total. The van der Waals surface area contributed by atoms with Crippen molar-refractivity contribution in [3.05, 3.63) is 41.1 Å². The van der Waals surface area contributed by atoms with Gasteiger partial charge in [0, 0.05) is 13.1 Å². The van der Waals surface area contributed by atoms with Gasteiger partial charge < -0.3 is 15.8 Å². The van der Waals surface area contributed by atoms with E-state index in [2.05, 4.69) is 17.3 Å². The molecule has 0 aliphatic carbocycles. The minimum atomic E-state index is 0.0961. The zero-order valence-corrected chi connectivity index (χ0v) is 13.5. The number of hydrogen-bond donors (Lipinski definition) is 2. The van der Waals surface area contributed by atoms with Gasteiger partial charge in [-0.2, -0.15) is 5.10 Å². The van der Waals surface area contributed by atoms with Crippen LogP contribution in [0.1, 0.15) is 29.8 Å². The summed E-state index contributed by atoms with van der Waals surface area (Å²) in [7, 11) is 3.53. The Kier molecular flexibility index (Phi) is 4.47. The summed E-state index contributed by atoms with van der Waals surface area (Å²) < 4.78 is 6.94. The van der Waals surface area contributed by atoms with Crippen molar-refractivity contribution in [1.82, 2.24) is 9.78 Å². The molecule has 1 unspecified atom stereocenters. The van der Waals surface area contributed by atoms with Crippen LogP contribution in [0.3, 0.4) is 0 Å². The topological polar surface area (TPSA) is 65.1 Å². The van der Waals surface area contributed by atoms with E-state index < -0.39 is 0 Å². The second-order valence-corrected chi connectivity index (χ2v) is 5.38. The summed E-state index contributed by atoms with van der Waals surface area (Å²) >= 11 is 5.12. The van der Waals surface area contributed by atoms with Gasteiger partial charge in [0.2, 0.25) is 0 Å². The Hall–Kier alpha value is -2.08. The maximum atomic E-state index is 5.80. The van der Waals surface area contributed by atoms with E-state index >= 15 is 0 Å². The molecule has 2 aromatic rings. The van der Waals surface area contributed by atoms with E-state index in [0.717, 1.165) is 28.4 Å². The van der Waals surface area contributed by atoms with Gasteiger partial charge in [-0.3, -0.25) is 4.68 Å². The highest BCUT2D eigenvalue weighted by Crippen LogP contribution is 2.25. The SMILES string of the molecule is COc1ccc(C(C)Nc2c(C(N)=S)c(C)nn2C)cc1. The number of anilines is 1. The van der Waals surface area contributed by atoms with Crippen LogP contribution in [0, 0.1) is 6.92 Å². The molecule has 1 atom stereocenters. The van der Waals surface area contributed by atoms with Crippen molar-refractivity contribution < 1.29 is 4.74 Å². The summed E-state index contributed by atoms with van der Waals surface area (Å²) in [6.07, 6.45) is 0. The van der Waals surface area contributed by atoms with Crippen LogP contribution in [0.25, 0.3) is 0 Å². The van der Waals surface area contributed by atoms with Gasteiger partial charge in [-0.1, -0.05) is 24.4 Å². The first kappa shape index (κ1) is 15.3. The van der Waals surface area contributed by atoms with Crippen LogP contribution in [-0.2, 0) is 7.05 Å². The van der Waals surface area contributed by atoms with Crippen LogP contribution in [0.2, 0.25) is 0 Å². The van der Waals surface area contributed by atoms with Crippen LogP contribution < -0.4 is 15.8 Å². The molecule has 0 radical (unpaired) electrons. The highest BCUT2D eigenvalue weighted by molar-refractivity contribution is 7.80. The molecule has 1 aromatic heterocycles. The average molecular weight is 304 g/mol. The Labute approximate surface area is 130 Å². The van der Waals surface area contributed by atoms with E-state index in [0.29, 0.717) is 4.99 Å². The summed E-state index contributed by atoms with van der Waals surface area (Å²) in [6.45, 7) is 3.98. The highest BCUT2D eigenvalue weighted by Gasteiger charge is 2.17. The van der Waals surface area contributed by atoms with Gasteiger partial charge in [0.15, 0.2) is 0 Å². The van der Waals surface area contributed by atoms with Gasteiger partial charge in [-0.25, -0.2) is 0 Å². The van der Waals surface area contributed by atoms with Gasteiger partial charge in [0.05, 0.1) is 18.4 Å². The Morgan fingerprint density at radius 3 is 2.52 bits per heavy atom. The number of benzene rings is 1. The molecule has 2 rings (SSSR count). The number of nitrogens with one attached hydrogen (secondary N) is 1. The van der Waals surface area contributed by atoms with Crippen LogP contribution in [0.5, 0.6) is 5.75 Å². The Morgan fingerprint density at radius 1 is 1.38 bits per heavy atom. The number of nitrogens with two attached hydrogens (primary N) is 1. The van der Waals surface area contributed by atoms with Crippen LogP contribution in [-0.4, -0.2) is 21.9 Å². The van der Waals surface area contributed by atoms with E-state index in [9.17, 15) is 0 Å². The lowest BCUT2D eigenvalue weighted by atomic mass is 10.1. The molecule has 0 amide bonds. The lowest BCUT2D eigenvalue weighted by Crippen LogP contribution is -2.16. The molecule has 0 aliphatic heterocycles. The fraction of sp³-hybridized carbons (Fsp3) is 0.333. The monoisotopic (exact) mass is 304 g/mol. The van der Waals surface area contributed by atoms with E-state index in [1.165, 1.54) is 0 Å². The molecular formula is C15H20N4OS. The maximum absolute atomic E-state index is 5.80. The van der Waals surface area contributed by atoms with Gasteiger partial charge in [-0.15, -0.1) is 0 Å². The normalized spacial score (nSPS) is 12.0. The van der Waals surface area contributed by atoms with Crippen LogP contribution in [0.4, 0.5) is 5.82 Å². The highest BCUT2D eigenvalue weighted by atomic mass is 32.1. The maximum Gasteiger partial charge on any atom is 0.135 e. The summed E-state index contributed by atoms with van der Waals surface area (Å²) in [5.74, 6) is 1.68. The number of aromatic nitrogens is 2. The van der Waals surface area contributed by atoms with E-state index in [1.807, 2.05) is 38.2 Å². The van der Waals surface area contributed by atoms with Crippen molar-refractivity contribution in [1.29, 1.82) is 0 Å². The molecular weight excluding hydrogens is 284 g/mol. The van der Waals surface area contributed by atoms with Crippen LogP contribution in [0.15, 0.2) is 24.3 Å². The van der Waals surface area contributed by atoms with Crippen molar-refractivity contribution >= 4 is 23.0 Å². The second-order valence-electron chi connectivity index (χ2n) is 4.94. The van der Waals surface area contributed by atoms with Crippen molar-refractivity contribution in [2.24, 2.45) is 12.8 Å². The van der Waals surface area contributed by atoms with E-state index in [1.54, 1.807) is 11.8 Å². The molecule has 6 heteroatoms. The molecule has 1 heterocycles. The van der Waals surface area contributed by atoms with Crippen molar-refractivity contribution in [2.45, 2.75) is 19.9 Å². The fourth-order valence-corrected chi connectivity index (χ4v) is 2.54. The predicted molar refractivity (Wildman–Crippen MR) is 88.9 cm³/mol. The third-order valence-corrected chi connectivity index (χ3v) is 3.64. The number of ether oxygens (including phenoxy) is 1. The first-order valence-electron chi connectivity index (χ1n) is 6.68. The summed E-state index contributed by atoms with van der Waals surface area (Å²) in [5, 5.41) is 7.80. The third kappa shape index (κ3) is 3.16. The molecule has 1 aromatic carbocycles. The standard InChI is InChI=1S/C15H20N4OS/c1-9(11-5-7-12(20-4)8-6-11)17-15-13(14(16)21)10(2)18-19(15)3/h5-9,17H,1-4H3,(H2,16,21).